The van der Waals surface area contributed by atoms with E-state index in [1.165, 1.54) is 99.1 Å². The van der Waals surface area contributed by atoms with Crippen LogP contribution in [0.3, 0.4) is 0 Å². The Labute approximate surface area is 316 Å². The van der Waals surface area contributed by atoms with Crippen molar-refractivity contribution in [2.45, 2.75) is 0 Å². The molecule has 10 aromatic carbocycles. The second-order valence-corrected chi connectivity index (χ2v) is 14.0. The van der Waals surface area contributed by atoms with Crippen molar-refractivity contribution in [3.8, 4) is 66.8 Å². The molecule has 10 rings (SSSR count). The Hall–Kier alpha value is -7.02. The first-order valence-electron chi connectivity index (χ1n) is 18.7. The van der Waals surface area contributed by atoms with Gasteiger partial charge < -0.3 is 0 Å². The molecule has 0 saturated carbocycles. The third-order valence-corrected chi connectivity index (χ3v) is 10.8. The zero-order chi connectivity index (χ0) is 35.8. The second-order valence-electron chi connectivity index (χ2n) is 14.0. The second kappa shape index (κ2) is 13.5. The minimum absolute atomic E-state index is 1.19. The van der Waals surface area contributed by atoms with Crippen LogP contribution < -0.4 is 0 Å². The highest BCUT2D eigenvalue weighted by molar-refractivity contribution is 6.22. The van der Waals surface area contributed by atoms with Crippen molar-refractivity contribution in [3.05, 3.63) is 218 Å². The molecule has 0 spiro atoms. The number of benzene rings is 10. The quantitative estimate of drug-likeness (QED) is 0.153. The Balaban J connectivity index is 1.29. The normalized spacial score (nSPS) is 11.3. The van der Waals surface area contributed by atoms with Gasteiger partial charge in [0.15, 0.2) is 0 Å². The van der Waals surface area contributed by atoms with Crippen LogP contribution in [-0.2, 0) is 0 Å². The van der Waals surface area contributed by atoms with Gasteiger partial charge in [0.1, 0.15) is 0 Å². The summed E-state index contributed by atoms with van der Waals surface area (Å²) in [4.78, 5) is 0. The average molecular weight is 685 g/mol. The molecule has 0 aliphatic rings. The van der Waals surface area contributed by atoms with Crippen LogP contribution in [0, 0.1) is 0 Å². The largest absolute Gasteiger partial charge is 0.0622 e. The fourth-order valence-electron chi connectivity index (χ4n) is 8.39. The molecule has 252 valence electrons. The summed E-state index contributed by atoms with van der Waals surface area (Å²) in [7, 11) is 0. The lowest BCUT2D eigenvalue weighted by Crippen LogP contribution is -1.93. The molecule has 0 amide bonds. The molecule has 0 saturated heterocycles. The molecule has 0 bridgehead atoms. The smallest absolute Gasteiger partial charge is 0.00259 e. The summed E-state index contributed by atoms with van der Waals surface area (Å²) in [5, 5.41) is 7.50. The molecular weight excluding hydrogens is 649 g/mol. The van der Waals surface area contributed by atoms with E-state index in [9.17, 15) is 0 Å². The van der Waals surface area contributed by atoms with Gasteiger partial charge in [-0.1, -0.05) is 194 Å². The monoisotopic (exact) mass is 684 g/mol. The fraction of sp³-hybridized carbons (Fsp3) is 0. The van der Waals surface area contributed by atoms with Gasteiger partial charge in [0, 0.05) is 0 Å². The van der Waals surface area contributed by atoms with E-state index in [0.717, 1.165) is 0 Å². The Kier molecular flexibility index (Phi) is 7.93. The lowest BCUT2D eigenvalue weighted by molar-refractivity contribution is 1.55. The predicted molar refractivity (Wildman–Crippen MR) is 232 cm³/mol. The zero-order valence-corrected chi connectivity index (χ0v) is 29.8. The van der Waals surface area contributed by atoms with Crippen molar-refractivity contribution < 1.29 is 0 Å². The van der Waals surface area contributed by atoms with Crippen LogP contribution in [0.2, 0.25) is 0 Å². The van der Waals surface area contributed by atoms with Crippen molar-refractivity contribution in [1.29, 1.82) is 0 Å². The van der Waals surface area contributed by atoms with E-state index in [0.29, 0.717) is 0 Å². The van der Waals surface area contributed by atoms with Crippen molar-refractivity contribution in [3.63, 3.8) is 0 Å². The van der Waals surface area contributed by atoms with Crippen molar-refractivity contribution in [2.24, 2.45) is 0 Å². The third kappa shape index (κ3) is 5.57. The number of fused-ring (bicyclic) bond motifs is 3. The Morgan fingerprint density at radius 1 is 0.185 bits per heavy atom. The van der Waals surface area contributed by atoms with Gasteiger partial charge in [-0.3, -0.25) is 0 Å². The summed E-state index contributed by atoms with van der Waals surface area (Å²) in [6.07, 6.45) is 0. The lowest BCUT2D eigenvalue weighted by Gasteiger charge is -2.20. The Morgan fingerprint density at radius 3 is 1.02 bits per heavy atom. The minimum atomic E-state index is 1.19. The molecule has 0 aliphatic heterocycles. The van der Waals surface area contributed by atoms with E-state index in [4.69, 9.17) is 0 Å². The molecular formula is C54H36. The number of rotatable bonds is 6. The summed E-state index contributed by atoms with van der Waals surface area (Å²) in [5.41, 5.74) is 14.6. The number of hydrogen-bond acceptors (Lipinski definition) is 0. The summed E-state index contributed by atoms with van der Waals surface area (Å²) in [6, 6.07) is 79.9. The Bertz CT molecular complexity index is 2810. The molecule has 0 radical (unpaired) electrons. The highest BCUT2D eigenvalue weighted by atomic mass is 14.2. The molecule has 0 heteroatoms. The van der Waals surface area contributed by atoms with Gasteiger partial charge in [0.2, 0.25) is 0 Å². The van der Waals surface area contributed by atoms with Crippen LogP contribution in [0.25, 0.3) is 99.1 Å². The first-order valence-corrected chi connectivity index (χ1v) is 18.7. The van der Waals surface area contributed by atoms with Crippen LogP contribution in [0.15, 0.2) is 218 Å². The van der Waals surface area contributed by atoms with Gasteiger partial charge in [-0.2, -0.15) is 0 Å². The van der Waals surface area contributed by atoms with Gasteiger partial charge in [-0.05, 0) is 123 Å². The van der Waals surface area contributed by atoms with Crippen LogP contribution in [0.4, 0.5) is 0 Å². The van der Waals surface area contributed by atoms with E-state index in [2.05, 4.69) is 218 Å². The SMILES string of the molecule is c1ccc(-c2ccccc2-c2cc(-c3ccccc3-c3ccccc3)cc(-c3c4ccccc4c(-c4ccc5ccccc5c4)c4ccccc34)c2)cc1. The van der Waals surface area contributed by atoms with E-state index in [1.807, 2.05) is 0 Å². The van der Waals surface area contributed by atoms with Gasteiger partial charge in [0.05, 0.1) is 0 Å². The molecule has 0 heterocycles. The zero-order valence-electron chi connectivity index (χ0n) is 29.8. The van der Waals surface area contributed by atoms with Crippen LogP contribution in [0.1, 0.15) is 0 Å². The summed E-state index contributed by atoms with van der Waals surface area (Å²) in [6.45, 7) is 0. The summed E-state index contributed by atoms with van der Waals surface area (Å²) in [5.74, 6) is 0. The molecule has 0 N–H and O–H groups in total. The van der Waals surface area contributed by atoms with E-state index in [-0.39, 0.29) is 0 Å². The van der Waals surface area contributed by atoms with Crippen molar-refractivity contribution in [1.82, 2.24) is 0 Å². The van der Waals surface area contributed by atoms with Gasteiger partial charge in [-0.25, -0.2) is 0 Å². The maximum Gasteiger partial charge on any atom is -0.00259 e. The van der Waals surface area contributed by atoms with Gasteiger partial charge in [-0.15, -0.1) is 0 Å². The maximum absolute atomic E-state index is 2.42. The number of hydrogen-bond donors (Lipinski definition) is 0. The lowest BCUT2D eigenvalue weighted by atomic mass is 9.83. The molecule has 0 fully saturated rings. The maximum atomic E-state index is 2.42. The fourth-order valence-corrected chi connectivity index (χ4v) is 8.39. The Morgan fingerprint density at radius 2 is 0.537 bits per heavy atom. The molecule has 54 heavy (non-hydrogen) atoms. The predicted octanol–water partition coefficient (Wildman–Crippen LogP) is 15.1. The minimum Gasteiger partial charge on any atom is -0.0622 e. The summed E-state index contributed by atoms with van der Waals surface area (Å²) < 4.78 is 0. The topological polar surface area (TPSA) is 0 Å². The van der Waals surface area contributed by atoms with Crippen LogP contribution in [-0.4, -0.2) is 0 Å². The van der Waals surface area contributed by atoms with Gasteiger partial charge >= 0.3 is 0 Å². The standard InChI is InChI=1S/C54H36/c1-3-18-38(19-4-1)45-23-9-11-25-47(45)42-34-43(48-26-12-10-24-46(48)39-20-5-2-6-21-39)36-44(35-42)54-51-29-15-13-27-49(51)53(50-28-14-16-30-52(50)54)41-32-31-37-17-7-8-22-40(37)33-41/h1-36H. The molecule has 0 aliphatic carbocycles. The third-order valence-electron chi connectivity index (χ3n) is 10.8. The molecule has 0 unspecified atom stereocenters. The molecule has 0 atom stereocenters. The molecule has 0 aromatic heterocycles. The first-order chi connectivity index (χ1) is 26.8. The van der Waals surface area contributed by atoms with E-state index >= 15 is 0 Å². The highest BCUT2D eigenvalue weighted by Crippen LogP contribution is 2.47. The van der Waals surface area contributed by atoms with Crippen molar-refractivity contribution >= 4 is 32.3 Å². The van der Waals surface area contributed by atoms with E-state index in [1.54, 1.807) is 0 Å². The van der Waals surface area contributed by atoms with Crippen LogP contribution in [0.5, 0.6) is 0 Å². The van der Waals surface area contributed by atoms with Gasteiger partial charge in [0.25, 0.3) is 0 Å². The van der Waals surface area contributed by atoms with Crippen molar-refractivity contribution in [2.75, 3.05) is 0 Å². The van der Waals surface area contributed by atoms with Crippen LogP contribution >= 0.6 is 0 Å². The molecule has 10 aromatic rings. The summed E-state index contributed by atoms with van der Waals surface area (Å²) >= 11 is 0. The average Bonchev–Trinajstić information content (AvgIpc) is 3.25. The highest BCUT2D eigenvalue weighted by Gasteiger charge is 2.20. The van der Waals surface area contributed by atoms with E-state index < -0.39 is 0 Å². The molecule has 0 nitrogen and oxygen atoms in total. The first kappa shape index (κ1) is 31.7.